The fourth-order valence-corrected chi connectivity index (χ4v) is 5.39. The molecule has 19 heteroatoms. The number of ether oxygens (including phenoxy) is 4. The van der Waals surface area contributed by atoms with Gasteiger partial charge in [0.05, 0.1) is 24.8 Å². The maximum Gasteiger partial charge on any atom is 0.249 e. The second-order valence-electron chi connectivity index (χ2n) is 11.2. The molecule has 3 aliphatic rings. The quantitative estimate of drug-likeness (QED) is 0.0748. The Morgan fingerprint density at radius 3 is 2.21 bits per heavy atom. The van der Waals surface area contributed by atoms with E-state index in [2.05, 4.69) is 10.3 Å². The topological polar surface area (TPSA) is 350 Å². The second-order valence-corrected chi connectivity index (χ2v) is 11.2. The third-order valence-corrected chi connectivity index (χ3v) is 7.84. The van der Waals surface area contributed by atoms with Gasteiger partial charge in [-0.15, -0.1) is 0 Å². The summed E-state index contributed by atoms with van der Waals surface area (Å²) in [5.74, 6) is -1.09. The van der Waals surface area contributed by atoms with Crippen molar-refractivity contribution in [2.24, 2.45) is 33.7 Å². The van der Waals surface area contributed by atoms with Gasteiger partial charge in [0.2, 0.25) is 5.91 Å². The van der Waals surface area contributed by atoms with Crippen molar-refractivity contribution in [1.82, 2.24) is 5.32 Å². The van der Waals surface area contributed by atoms with E-state index >= 15 is 0 Å². The number of nitrogens with zero attached hydrogens (tertiary/aromatic N) is 1. The van der Waals surface area contributed by atoms with Gasteiger partial charge < -0.3 is 88.7 Å². The maximum absolute atomic E-state index is 12.5. The van der Waals surface area contributed by atoms with Crippen molar-refractivity contribution < 1.29 is 59.5 Å². The lowest BCUT2D eigenvalue weighted by atomic mass is 9.83. The molecule has 0 aromatic rings. The molecule has 1 aliphatic carbocycles. The largest absolute Gasteiger partial charge is 0.391 e. The van der Waals surface area contributed by atoms with Crippen molar-refractivity contribution in [3.05, 3.63) is 0 Å². The first-order chi connectivity index (χ1) is 20.2. The fraction of sp³-hybridized carbons (Fsp3) is 0.917. The fourth-order valence-electron chi connectivity index (χ4n) is 5.39. The number of aliphatic imine (C=N–C) groups is 1. The number of guanidine groups is 1. The molecule has 0 aromatic heterocycles. The molecular formula is C24H47N7O12. The number of hydrogen-bond acceptors (Lipinski definition) is 16. The highest BCUT2D eigenvalue weighted by atomic mass is 16.7. The molecule has 250 valence electrons. The van der Waals surface area contributed by atoms with Crippen LogP contribution in [-0.4, -0.2) is 159 Å². The zero-order valence-electron chi connectivity index (χ0n) is 23.8. The molecule has 0 radical (unpaired) electrons. The molecule has 0 spiro atoms. The molecular weight excluding hydrogens is 578 g/mol. The van der Waals surface area contributed by atoms with Crippen molar-refractivity contribution >= 4 is 11.9 Å². The summed E-state index contributed by atoms with van der Waals surface area (Å²) in [6.45, 7) is 1.15. The first kappa shape index (κ1) is 35.7. The lowest BCUT2D eigenvalue weighted by molar-refractivity contribution is -0.285. The molecule has 43 heavy (non-hydrogen) atoms. The SMILES string of the molecule is C[C@@H](O)C1OC(O[C@@H]2C(N)C[C@@H](NC(=O)C(O)CCN)C(O)C2O[C@@H]2O[C@H](CN=C(N)N)C(O)C2O)CC(N)C(O)[C@@H]1O. The molecule has 19 nitrogen and oxygen atoms in total. The molecule has 3 rings (SSSR count). The highest BCUT2D eigenvalue weighted by Crippen LogP contribution is 2.33. The van der Waals surface area contributed by atoms with Gasteiger partial charge in [-0.1, -0.05) is 0 Å². The van der Waals surface area contributed by atoms with Crippen LogP contribution in [-0.2, 0) is 23.7 Å². The summed E-state index contributed by atoms with van der Waals surface area (Å²) in [6.07, 6.45) is -18.6. The van der Waals surface area contributed by atoms with Gasteiger partial charge in [-0.3, -0.25) is 9.79 Å². The molecule has 2 saturated heterocycles. The number of carbonyl (C=O) groups is 1. The summed E-state index contributed by atoms with van der Waals surface area (Å²) in [5.41, 5.74) is 28.6. The van der Waals surface area contributed by atoms with Crippen molar-refractivity contribution in [3.63, 3.8) is 0 Å². The van der Waals surface area contributed by atoms with E-state index in [0.717, 1.165) is 0 Å². The Hall–Kier alpha value is -1.82. The minimum absolute atomic E-state index is 0.0313. The molecule has 1 amide bonds. The van der Waals surface area contributed by atoms with Gasteiger partial charge in [0.15, 0.2) is 18.5 Å². The van der Waals surface area contributed by atoms with E-state index in [1.54, 1.807) is 0 Å². The lowest BCUT2D eigenvalue weighted by Crippen LogP contribution is -2.66. The standard InChI is InChI=1S/C24H47N7O12/c1-7(32)19-17(37)14(34)8(26)5-13(41-19)42-20-9(27)4-10(31-22(39)11(33)2-3-25)15(35)21(20)43-23-18(38)16(36)12(40-23)6-30-24(28)29/h7-21,23,32-38H,2-6,25-27H2,1H3,(H,31,39)(H4,28,29,30)/t7-,8?,9?,10-,11?,12-,13?,14?,15?,16?,17+,18?,19?,20-,21?,23+/m1/s1. The van der Waals surface area contributed by atoms with E-state index in [0.29, 0.717) is 0 Å². The van der Waals surface area contributed by atoms with Gasteiger partial charge in [0.1, 0.15) is 54.9 Å². The molecule has 3 fully saturated rings. The summed E-state index contributed by atoms with van der Waals surface area (Å²) in [7, 11) is 0. The third-order valence-electron chi connectivity index (χ3n) is 7.84. The van der Waals surface area contributed by atoms with Gasteiger partial charge in [-0.25, -0.2) is 0 Å². The molecule has 10 unspecified atom stereocenters. The molecule has 1 saturated carbocycles. The van der Waals surface area contributed by atoms with E-state index in [4.69, 9.17) is 47.6 Å². The van der Waals surface area contributed by atoms with Crippen LogP contribution in [0, 0.1) is 0 Å². The number of aliphatic hydroxyl groups excluding tert-OH is 7. The van der Waals surface area contributed by atoms with Gasteiger partial charge in [-0.05, 0) is 26.3 Å². The first-order valence-corrected chi connectivity index (χ1v) is 14.1. The average Bonchev–Trinajstić information content (AvgIpc) is 3.15. The van der Waals surface area contributed by atoms with Gasteiger partial charge in [0, 0.05) is 18.5 Å². The average molecular weight is 626 g/mol. The highest BCUT2D eigenvalue weighted by Gasteiger charge is 2.52. The van der Waals surface area contributed by atoms with Crippen LogP contribution in [0.15, 0.2) is 4.99 Å². The summed E-state index contributed by atoms with van der Waals surface area (Å²) < 4.78 is 23.4. The highest BCUT2D eigenvalue weighted by molar-refractivity contribution is 5.80. The van der Waals surface area contributed by atoms with Crippen LogP contribution in [0.1, 0.15) is 26.2 Å². The number of nitrogens with two attached hydrogens (primary N) is 5. The van der Waals surface area contributed by atoms with Crippen molar-refractivity contribution in [2.45, 2.75) is 124 Å². The molecule has 18 N–H and O–H groups in total. The Morgan fingerprint density at radius 1 is 0.930 bits per heavy atom. The van der Waals surface area contributed by atoms with Crippen LogP contribution < -0.4 is 34.0 Å². The van der Waals surface area contributed by atoms with E-state index in [-0.39, 0.29) is 38.3 Å². The molecule has 2 aliphatic heterocycles. The zero-order valence-corrected chi connectivity index (χ0v) is 23.8. The van der Waals surface area contributed by atoms with Gasteiger partial charge >= 0.3 is 0 Å². The van der Waals surface area contributed by atoms with E-state index in [9.17, 15) is 40.5 Å². The van der Waals surface area contributed by atoms with Crippen LogP contribution in [0.2, 0.25) is 0 Å². The predicted molar refractivity (Wildman–Crippen MR) is 146 cm³/mol. The van der Waals surface area contributed by atoms with Crippen LogP contribution in [0.4, 0.5) is 0 Å². The van der Waals surface area contributed by atoms with Gasteiger partial charge in [-0.2, -0.15) is 0 Å². The van der Waals surface area contributed by atoms with E-state index in [1.165, 1.54) is 6.92 Å². The molecule has 16 atom stereocenters. The second kappa shape index (κ2) is 15.5. The number of aliphatic hydroxyl groups is 7. The Bertz CT molecular complexity index is 933. The smallest absolute Gasteiger partial charge is 0.249 e. The maximum atomic E-state index is 12.5. The van der Waals surface area contributed by atoms with Crippen molar-refractivity contribution in [3.8, 4) is 0 Å². The Labute approximate surface area is 247 Å². The molecule has 2 heterocycles. The normalized spacial score (nSPS) is 43.4. The summed E-state index contributed by atoms with van der Waals surface area (Å²) in [6, 6.07) is -3.11. The monoisotopic (exact) mass is 625 g/mol. The van der Waals surface area contributed by atoms with Crippen LogP contribution in [0.5, 0.6) is 0 Å². The Balaban J connectivity index is 1.87. The van der Waals surface area contributed by atoms with E-state index < -0.39 is 104 Å². The van der Waals surface area contributed by atoms with Gasteiger partial charge in [0.25, 0.3) is 0 Å². The molecule has 0 aromatic carbocycles. The van der Waals surface area contributed by atoms with Crippen molar-refractivity contribution in [1.29, 1.82) is 0 Å². The zero-order chi connectivity index (χ0) is 32.2. The number of rotatable bonds is 11. The van der Waals surface area contributed by atoms with Crippen molar-refractivity contribution in [2.75, 3.05) is 13.1 Å². The Morgan fingerprint density at radius 2 is 1.60 bits per heavy atom. The van der Waals surface area contributed by atoms with Crippen LogP contribution in [0.3, 0.4) is 0 Å². The lowest BCUT2D eigenvalue weighted by Gasteiger charge is -2.45. The Kier molecular flexibility index (Phi) is 12.8. The number of carbonyl (C=O) groups excluding carboxylic acids is 1. The summed E-state index contributed by atoms with van der Waals surface area (Å²) >= 11 is 0. The first-order valence-electron chi connectivity index (χ1n) is 14.1. The molecule has 0 bridgehead atoms. The van der Waals surface area contributed by atoms with E-state index in [1.807, 2.05) is 0 Å². The number of amides is 1. The minimum atomic E-state index is -1.63. The van der Waals surface area contributed by atoms with Crippen LogP contribution >= 0.6 is 0 Å². The number of hydrogen-bond donors (Lipinski definition) is 13. The van der Waals surface area contributed by atoms with Crippen LogP contribution in [0.25, 0.3) is 0 Å². The number of nitrogens with one attached hydrogen (secondary N) is 1. The summed E-state index contributed by atoms with van der Waals surface area (Å²) in [4.78, 5) is 16.3. The predicted octanol–water partition coefficient (Wildman–Crippen LogP) is -7.69. The third kappa shape index (κ3) is 8.67. The minimum Gasteiger partial charge on any atom is -0.391 e. The summed E-state index contributed by atoms with van der Waals surface area (Å²) in [5, 5.41) is 76.0.